The molecule has 1 N–H and O–H groups in total. The maximum absolute atomic E-state index is 8.63. The van der Waals surface area contributed by atoms with E-state index in [2.05, 4.69) is 4.98 Å². The molecule has 0 spiro atoms. The smallest absolute Gasteiger partial charge is 0.129 e. The Morgan fingerprint density at radius 2 is 1.57 bits per heavy atom. The molecule has 0 fully saturated rings. The number of hydrogen-bond donors (Lipinski definition) is 1. The normalized spacial score (nSPS) is 8.64. The fourth-order valence-corrected chi connectivity index (χ4v) is 0.899. The molecule has 2 nitrogen and oxygen atoms in total. The molecule has 2 rings (SSSR count). The van der Waals surface area contributed by atoms with Crippen molar-refractivity contribution in [2.75, 3.05) is 0 Å². The van der Waals surface area contributed by atoms with E-state index in [1.54, 1.807) is 36.5 Å². The topological polar surface area (TPSA) is 33.1 Å². The van der Waals surface area contributed by atoms with Gasteiger partial charge in [0.2, 0.25) is 0 Å². The largest absolute Gasteiger partial charge is 0.508 e. The van der Waals surface area contributed by atoms with Gasteiger partial charge in [0.05, 0.1) is 0 Å². The van der Waals surface area contributed by atoms with Crippen molar-refractivity contribution in [2.24, 2.45) is 0 Å². The van der Waals surface area contributed by atoms with Crippen molar-refractivity contribution in [1.29, 1.82) is 0 Å². The minimum atomic E-state index is 0.322. The summed E-state index contributed by atoms with van der Waals surface area (Å²) in [4.78, 5) is 3.74. The average molecular weight is 208 g/mol. The third kappa shape index (κ3) is 4.48. The molecule has 3 heteroatoms. The fraction of sp³-hybridized carbons (Fsp3) is 0. The van der Waals surface area contributed by atoms with Crippen LogP contribution in [0.25, 0.3) is 0 Å². The third-order valence-electron chi connectivity index (χ3n) is 1.38. The van der Waals surface area contributed by atoms with E-state index < -0.39 is 0 Å². The summed E-state index contributed by atoms with van der Waals surface area (Å²) in [5.74, 6) is 0.322. The maximum atomic E-state index is 8.63. The summed E-state index contributed by atoms with van der Waals surface area (Å²) in [7, 11) is 0. The minimum absolute atomic E-state index is 0.322. The van der Waals surface area contributed by atoms with Crippen LogP contribution in [-0.4, -0.2) is 10.1 Å². The molecule has 1 heterocycles. The molecule has 0 aliphatic rings. The highest BCUT2D eigenvalue weighted by Gasteiger charge is 1.76. The molecule has 2 aromatic rings. The summed E-state index contributed by atoms with van der Waals surface area (Å²) in [6.07, 6.45) is 1.66. The van der Waals surface area contributed by atoms with E-state index in [0.717, 1.165) is 0 Å². The van der Waals surface area contributed by atoms with E-state index in [4.69, 9.17) is 16.7 Å². The quantitative estimate of drug-likeness (QED) is 0.674. The van der Waals surface area contributed by atoms with Gasteiger partial charge in [-0.15, -0.1) is 0 Å². The first-order chi connectivity index (χ1) is 6.79. The van der Waals surface area contributed by atoms with Gasteiger partial charge in [-0.2, -0.15) is 0 Å². The van der Waals surface area contributed by atoms with Crippen LogP contribution in [0.3, 0.4) is 0 Å². The zero-order valence-corrected chi connectivity index (χ0v) is 8.22. The Labute approximate surface area is 87.8 Å². The van der Waals surface area contributed by atoms with Crippen LogP contribution in [0.15, 0.2) is 54.7 Å². The number of rotatable bonds is 0. The molecule has 0 radical (unpaired) electrons. The van der Waals surface area contributed by atoms with Crippen LogP contribution in [0.4, 0.5) is 0 Å². The lowest BCUT2D eigenvalue weighted by atomic mass is 10.3. The number of aromatic nitrogens is 1. The zero-order valence-electron chi connectivity index (χ0n) is 7.47. The molecule has 0 atom stereocenters. The summed E-state index contributed by atoms with van der Waals surface area (Å²) >= 11 is 5.43. The standard InChI is InChI=1S/C6H6O.C5H4ClN/c7-6-4-2-1-3-5-6;6-5-3-1-2-4-7-5/h1-5,7H;1-4H. The van der Waals surface area contributed by atoms with Crippen molar-refractivity contribution in [3.63, 3.8) is 0 Å². The lowest BCUT2D eigenvalue weighted by molar-refractivity contribution is 0.475. The third-order valence-corrected chi connectivity index (χ3v) is 1.61. The second-order valence-electron chi connectivity index (χ2n) is 2.49. The van der Waals surface area contributed by atoms with E-state index >= 15 is 0 Å². The number of halogens is 1. The first kappa shape index (κ1) is 10.5. The van der Waals surface area contributed by atoms with Crippen molar-refractivity contribution in [3.05, 3.63) is 59.9 Å². The molecule has 14 heavy (non-hydrogen) atoms. The Hall–Kier alpha value is -1.54. The van der Waals surface area contributed by atoms with Crippen molar-refractivity contribution in [1.82, 2.24) is 4.98 Å². The van der Waals surface area contributed by atoms with Gasteiger partial charge < -0.3 is 5.11 Å². The van der Waals surface area contributed by atoms with Gasteiger partial charge in [-0.25, -0.2) is 4.98 Å². The molecule has 0 amide bonds. The molecule has 0 aliphatic heterocycles. The van der Waals surface area contributed by atoms with Crippen LogP contribution in [0, 0.1) is 0 Å². The molecular formula is C11H10ClNO. The molecule has 0 bridgehead atoms. The van der Waals surface area contributed by atoms with Gasteiger partial charge >= 0.3 is 0 Å². The lowest BCUT2D eigenvalue weighted by Crippen LogP contribution is -1.65. The first-order valence-electron chi connectivity index (χ1n) is 4.09. The molecule has 0 saturated heterocycles. The molecular weight excluding hydrogens is 198 g/mol. The Balaban J connectivity index is 0.000000140. The lowest BCUT2D eigenvalue weighted by Gasteiger charge is -1.82. The van der Waals surface area contributed by atoms with Crippen LogP contribution >= 0.6 is 11.6 Å². The SMILES string of the molecule is Clc1ccccn1.Oc1ccccc1. The molecule has 1 aromatic heterocycles. The molecule has 0 saturated carbocycles. The number of aromatic hydroxyl groups is 1. The Bertz CT molecular complexity index is 313. The van der Waals surface area contributed by atoms with Gasteiger partial charge in [-0.1, -0.05) is 35.9 Å². The number of benzene rings is 1. The van der Waals surface area contributed by atoms with Gasteiger partial charge in [0.1, 0.15) is 10.9 Å². The van der Waals surface area contributed by atoms with Crippen LogP contribution < -0.4 is 0 Å². The van der Waals surface area contributed by atoms with Crippen molar-refractivity contribution in [2.45, 2.75) is 0 Å². The second kappa shape index (κ2) is 6.00. The molecule has 1 aromatic carbocycles. The molecule has 0 unspecified atom stereocenters. The van der Waals surface area contributed by atoms with Gasteiger partial charge in [0.15, 0.2) is 0 Å². The van der Waals surface area contributed by atoms with Crippen molar-refractivity contribution < 1.29 is 5.11 Å². The second-order valence-corrected chi connectivity index (χ2v) is 2.88. The Morgan fingerprint density at radius 3 is 1.86 bits per heavy atom. The fourth-order valence-electron chi connectivity index (χ4n) is 0.770. The van der Waals surface area contributed by atoms with E-state index in [9.17, 15) is 0 Å². The summed E-state index contributed by atoms with van der Waals surface area (Å²) in [5.41, 5.74) is 0. The maximum Gasteiger partial charge on any atom is 0.129 e. The zero-order chi connectivity index (χ0) is 10.2. The summed E-state index contributed by atoms with van der Waals surface area (Å²) < 4.78 is 0. The molecule has 0 aliphatic carbocycles. The van der Waals surface area contributed by atoms with E-state index in [-0.39, 0.29) is 0 Å². The Kier molecular flexibility index (Phi) is 4.51. The van der Waals surface area contributed by atoms with Crippen molar-refractivity contribution in [3.8, 4) is 5.75 Å². The van der Waals surface area contributed by atoms with E-state index in [0.29, 0.717) is 10.9 Å². The summed E-state index contributed by atoms with van der Waals surface area (Å²) in [6, 6.07) is 14.1. The highest BCUT2D eigenvalue weighted by Crippen LogP contribution is 2.02. The van der Waals surface area contributed by atoms with Crippen LogP contribution in [0.2, 0.25) is 5.15 Å². The Morgan fingerprint density at radius 1 is 0.929 bits per heavy atom. The average Bonchev–Trinajstić information content (AvgIpc) is 2.21. The number of para-hydroxylation sites is 1. The van der Waals surface area contributed by atoms with Gasteiger partial charge in [0, 0.05) is 6.20 Å². The predicted molar refractivity (Wildman–Crippen MR) is 57.4 cm³/mol. The van der Waals surface area contributed by atoms with Gasteiger partial charge in [0.25, 0.3) is 0 Å². The van der Waals surface area contributed by atoms with Crippen LogP contribution in [-0.2, 0) is 0 Å². The number of hydrogen-bond acceptors (Lipinski definition) is 2. The highest BCUT2D eigenvalue weighted by atomic mass is 35.5. The summed E-state index contributed by atoms with van der Waals surface area (Å²) in [6.45, 7) is 0. The summed E-state index contributed by atoms with van der Waals surface area (Å²) in [5, 5.41) is 9.18. The van der Waals surface area contributed by atoms with Crippen molar-refractivity contribution >= 4 is 11.6 Å². The number of phenolic OH excluding ortho intramolecular Hbond substituents is 1. The van der Waals surface area contributed by atoms with E-state index in [1.807, 2.05) is 18.2 Å². The molecule has 72 valence electrons. The van der Waals surface area contributed by atoms with Gasteiger partial charge in [-0.3, -0.25) is 0 Å². The predicted octanol–water partition coefficient (Wildman–Crippen LogP) is 3.13. The monoisotopic (exact) mass is 207 g/mol. The first-order valence-corrected chi connectivity index (χ1v) is 4.47. The number of pyridine rings is 1. The van der Waals surface area contributed by atoms with E-state index in [1.165, 1.54) is 0 Å². The minimum Gasteiger partial charge on any atom is -0.508 e. The van der Waals surface area contributed by atoms with Gasteiger partial charge in [-0.05, 0) is 24.3 Å². The number of nitrogens with zero attached hydrogens (tertiary/aromatic N) is 1. The van der Waals surface area contributed by atoms with Crippen LogP contribution in [0.1, 0.15) is 0 Å². The highest BCUT2D eigenvalue weighted by molar-refractivity contribution is 6.29. The van der Waals surface area contributed by atoms with Crippen LogP contribution in [0.5, 0.6) is 5.75 Å². The number of phenols is 1.